The predicted octanol–water partition coefficient (Wildman–Crippen LogP) is 4.06. The lowest BCUT2D eigenvalue weighted by atomic mass is 10.1. The van der Waals surface area contributed by atoms with E-state index in [1.54, 1.807) is 19.9 Å². The van der Waals surface area contributed by atoms with Crippen LogP contribution in [0.1, 0.15) is 50.2 Å². The Morgan fingerprint density at radius 1 is 1.10 bits per heavy atom. The largest absolute Gasteiger partial charge is 0.416 e. The van der Waals surface area contributed by atoms with Gasteiger partial charge in [-0.05, 0) is 58.1 Å². The average Bonchev–Trinajstić information content (AvgIpc) is 2.91. The van der Waals surface area contributed by atoms with Gasteiger partial charge in [-0.1, -0.05) is 12.1 Å². The van der Waals surface area contributed by atoms with Gasteiger partial charge in [0.15, 0.2) is 5.78 Å². The van der Waals surface area contributed by atoms with Crippen molar-refractivity contribution in [3.63, 3.8) is 0 Å². The number of Topliss-reactive ketones (excluding diaryl/α,β-unsaturated/α-hetero) is 1. The first-order valence-corrected chi connectivity index (χ1v) is 9.22. The molecule has 0 spiro atoms. The summed E-state index contributed by atoms with van der Waals surface area (Å²) in [5.41, 5.74) is 1.56. The lowest BCUT2D eigenvalue weighted by Crippen LogP contribution is -2.36. The molecule has 0 saturated heterocycles. The van der Waals surface area contributed by atoms with Gasteiger partial charge in [0, 0.05) is 30.9 Å². The minimum Gasteiger partial charge on any atom is -0.354 e. The van der Waals surface area contributed by atoms with E-state index in [2.05, 4.69) is 4.98 Å². The Morgan fingerprint density at radius 2 is 1.76 bits per heavy atom. The maximum absolute atomic E-state index is 13.2. The molecular weight excluding hydrogens is 383 g/mol. The Morgan fingerprint density at radius 3 is 2.28 bits per heavy atom. The second-order valence-electron chi connectivity index (χ2n) is 7.41. The summed E-state index contributed by atoms with van der Waals surface area (Å²) in [6.07, 6.45) is -4.45. The third-order valence-corrected chi connectivity index (χ3v) is 4.74. The molecule has 29 heavy (non-hydrogen) atoms. The maximum Gasteiger partial charge on any atom is 0.416 e. The van der Waals surface area contributed by atoms with Crippen LogP contribution in [0, 0.1) is 13.8 Å². The lowest BCUT2D eigenvalue weighted by Gasteiger charge is -2.25. The van der Waals surface area contributed by atoms with E-state index in [0.717, 1.165) is 12.1 Å². The predicted molar refractivity (Wildman–Crippen MR) is 105 cm³/mol. The monoisotopic (exact) mass is 409 g/mol. The fourth-order valence-electron chi connectivity index (χ4n) is 3.29. The van der Waals surface area contributed by atoms with E-state index < -0.39 is 11.7 Å². The number of aryl methyl sites for hydroxylation is 1. The average molecular weight is 409 g/mol. The van der Waals surface area contributed by atoms with Crippen LogP contribution in [-0.2, 0) is 12.7 Å². The highest BCUT2D eigenvalue weighted by molar-refractivity contribution is 6.02. The first-order chi connectivity index (χ1) is 13.4. The number of ketones is 1. The van der Waals surface area contributed by atoms with E-state index in [-0.39, 0.29) is 18.2 Å². The highest BCUT2D eigenvalue weighted by Crippen LogP contribution is 2.30. The summed E-state index contributed by atoms with van der Waals surface area (Å²) in [7, 11) is 3.70. The number of H-pyrrole nitrogens is 1. The molecule has 158 valence electrons. The van der Waals surface area contributed by atoms with Crippen LogP contribution in [0.2, 0.25) is 0 Å². The first-order valence-electron chi connectivity index (χ1n) is 9.22. The first kappa shape index (κ1) is 22.7. The second-order valence-corrected chi connectivity index (χ2v) is 7.41. The van der Waals surface area contributed by atoms with E-state index in [4.69, 9.17) is 0 Å². The van der Waals surface area contributed by atoms with Crippen molar-refractivity contribution in [3.05, 3.63) is 57.9 Å². The Labute approximate surface area is 168 Å². The van der Waals surface area contributed by atoms with Crippen LogP contribution in [0.4, 0.5) is 13.2 Å². The third-order valence-electron chi connectivity index (χ3n) is 4.74. The number of carbonyl (C=O) groups excluding carboxylic acids is 2. The van der Waals surface area contributed by atoms with Crippen LogP contribution in [0.3, 0.4) is 0 Å². The van der Waals surface area contributed by atoms with Gasteiger partial charge < -0.3 is 14.8 Å². The number of hydrogen-bond acceptors (Lipinski definition) is 3. The number of alkyl halides is 3. The van der Waals surface area contributed by atoms with Gasteiger partial charge in [-0.2, -0.15) is 13.2 Å². The number of carbonyl (C=O) groups is 2. The highest BCUT2D eigenvalue weighted by atomic mass is 19.4. The number of halogens is 3. The van der Waals surface area contributed by atoms with Gasteiger partial charge in [-0.3, -0.25) is 9.59 Å². The molecule has 0 bridgehead atoms. The molecular formula is C21H26F3N3O2. The minimum atomic E-state index is -4.45. The fourth-order valence-corrected chi connectivity index (χ4v) is 3.29. The Kier molecular flexibility index (Phi) is 6.89. The molecule has 1 N–H and O–H groups in total. The number of likely N-dealkylation sites (N-methyl/N-ethyl adjacent to an activating group) is 1. The fraction of sp³-hybridized carbons (Fsp3) is 0.429. The summed E-state index contributed by atoms with van der Waals surface area (Å²) in [4.78, 5) is 31.4. The summed E-state index contributed by atoms with van der Waals surface area (Å²) in [5.74, 6) is -0.495. The molecule has 0 aliphatic rings. The van der Waals surface area contributed by atoms with E-state index in [1.165, 1.54) is 17.9 Å². The molecule has 0 saturated carbocycles. The highest BCUT2D eigenvalue weighted by Gasteiger charge is 2.31. The molecule has 1 amide bonds. The summed E-state index contributed by atoms with van der Waals surface area (Å²) in [6, 6.07) is 4.97. The number of aromatic nitrogens is 1. The van der Waals surface area contributed by atoms with E-state index >= 15 is 0 Å². The zero-order valence-electron chi connectivity index (χ0n) is 17.3. The van der Waals surface area contributed by atoms with Crippen molar-refractivity contribution in [1.82, 2.24) is 14.8 Å². The lowest BCUT2D eigenvalue weighted by molar-refractivity contribution is -0.137. The van der Waals surface area contributed by atoms with Crippen molar-refractivity contribution >= 4 is 11.7 Å². The van der Waals surface area contributed by atoms with Crippen LogP contribution in [0.25, 0.3) is 0 Å². The van der Waals surface area contributed by atoms with Gasteiger partial charge >= 0.3 is 6.18 Å². The topological polar surface area (TPSA) is 56.4 Å². The zero-order valence-corrected chi connectivity index (χ0v) is 17.3. The van der Waals surface area contributed by atoms with Crippen molar-refractivity contribution in [3.8, 4) is 0 Å². The van der Waals surface area contributed by atoms with Crippen molar-refractivity contribution in [2.75, 3.05) is 27.2 Å². The van der Waals surface area contributed by atoms with Gasteiger partial charge in [-0.15, -0.1) is 0 Å². The van der Waals surface area contributed by atoms with Gasteiger partial charge in [0.25, 0.3) is 5.91 Å². The third kappa shape index (κ3) is 5.47. The molecule has 2 aromatic rings. The van der Waals surface area contributed by atoms with Gasteiger partial charge in [0.2, 0.25) is 0 Å². The SMILES string of the molecule is CC(=O)c1c(C)[nH]c(C(=O)N(CCN(C)C)Cc2cccc(C(F)(F)F)c2)c1C. The van der Waals surface area contributed by atoms with Crippen LogP contribution in [0.15, 0.2) is 24.3 Å². The van der Waals surface area contributed by atoms with Crippen LogP contribution >= 0.6 is 0 Å². The van der Waals surface area contributed by atoms with Crippen molar-refractivity contribution in [2.24, 2.45) is 0 Å². The summed E-state index contributed by atoms with van der Waals surface area (Å²) in [5, 5.41) is 0. The molecule has 0 atom stereocenters. The summed E-state index contributed by atoms with van der Waals surface area (Å²) < 4.78 is 39.1. The number of nitrogens with zero attached hydrogens (tertiary/aromatic N) is 2. The normalized spacial score (nSPS) is 11.8. The molecule has 1 heterocycles. The van der Waals surface area contributed by atoms with Crippen LogP contribution in [0.5, 0.6) is 0 Å². The molecule has 8 heteroatoms. The van der Waals surface area contributed by atoms with Crippen molar-refractivity contribution in [2.45, 2.75) is 33.5 Å². The van der Waals surface area contributed by atoms with Crippen LogP contribution < -0.4 is 0 Å². The van der Waals surface area contributed by atoms with Crippen molar-refractivity contribution < 1.29 is 22.8 Å². The number of rotatable bonds is 7. The number of nitrogens with one attached hydrogen (secondary N) is 1. The minimum absolute atomic E-state index is 0.0313. The Balaban J connectivity index is 2.37. The Bertz CT molecular complexity index is 901. The molecule has 0 fully saturated rings. The molecule has 0 unspecified atom stereocenters. The van der Waals surface area contributed by atoms with Gasteiger partial charge in [0.05, 0.1) is 5.56 Å². The maximum atomic E-state index is 13.2. The molecule has 2 rings (SSSR count). The number of hydrogen-bond donors (Lipinski definition) is 1. The smallest absolute Gasteiger partial charge is 0.354 e. The molecule has 1 aromatic heterocycles. The number of amides is 1. The summed E-state index contributed by atoms with van der Waals surface area (Å²) in [6.45, 7) is 5.75. The van der Waals surface area contributed by atoms with Crippen LogP contribution in [-0.4, -0.2) is 53.7 Å². The Hall–Kier alpha value is -2.61. The quantitative estimate of drug-likeness (QED) is 0.702. The van der Waals surface area contributed by atoms with E-state index in [1.807, 2.05) is 19.0 Å². The molecule has 5 nitrogen and oxygen atoms in total. The zero-order chi connectivity index (χ0) is 21.9. The standard InChI is InChI=1S/C21H26F3N3O2/c1-13-18(15(3)28)14(2)25-19(13)20(29)27(10-9-26(4)5)12-16-7-6-8-17(11-16)21(22,23)24/h6-8,11,25H,9-10,12H2,1-5H3. The van der Waals surface area contributed by atoms with E-state index in [0.29, 0.717) is 41.2 Å². The number of aromatic amines is 1. The summed E-state index contributed by atoms with van der Waals surface area (Å²) >= 11 is 0. The number of benzene rings is 1. The molecule has 1 aromatic carbocycles. The molecule has 0 radical (unpaired) electrons. The van der Waals surface area contributed by atoms with Gasteiger partial charge in [0.1, 0.15) is 5.69 Å². The molecule has 0 aliphatic carbocycles. The second kappa shape index (κ2) is 8.82. The molecule has 0 aliphatic heterocycles. The van der Waals surface area contributed by atoms with E-state index in [9.17, 15) is 22.8 Å². The van der Waals surface area contributed by atoms with Gasteiger partial charge in [-0.25, -0.2) is 0 Å². The van der Waals surface area contributed by atoms with Crippen molar-refractivity contribution in [1.29, 1.82) is 0 Å².